The number of aromatic amines is 1. The molecule has 0 fully saturated rings. The molecular weight excluding hydrogens is 352 g/mol. The first-order valence-electron chi connectivity index (χ1n) is 6.57. The Bertz CT molecular complexity index is 877. The zero-order chi connectivity index (χ0) is 15.1. The Morgan fingerprint density at radius 2 is 2.19 bits per heavy atom. The number of nitrogens with one attached hydrogen (secondary N) is 1. The summed E-state index contributed by atoms with van der Waals surface area (Å²) in [4.78, 5) is 3.26. The van der Waals surface area contributed by atoms with Crippen LogP contribution in [-0.4, -0.2) is 26.4 Å². The van der Waals surface area contributed by atoms with Crippen molar-refractivity contribution in [2.24, 2.45) is 7.05 Å². The SMILES string of the molecule is CCc1nn(C)c2c1[nH]c(=S)n2-c1ccc(OC)c(Br)c1. The van der Waals surface area contributed by atoms with E-state index in [1.807, 2.05) is 34.5 Å². The number of halogens is 1. The van der Waals surface area contributed by atoms with E-state index < -0.39 is 0 Å². The first kappa shape index (κ1) is 14.3. The van der Waals surface area contributed by atoms with Crippen LogP contribution >= 0.6 is 28.1 Å². The van der Waals surface area contributed by atoms with Crippen LogP contribution in [0.5, 0.6) is 5.75 Å². The average Bonchev–Trinajstić information content (AvgIpc) is 2.95. The van der Waals surface area contributed by atoms with E-state index in [4.69, 9.17) is 17.0 Å². The van der Waals surface area contributed by atoms with E-state index in [-0.39, 0.29) is 0 Å². The van der Waals surface area contributed by atoms with E-state index in [1.54, 1.807) is 7.11 Å². The fourth-order valence-electron chi connectivity index (χ4n) is 2.49. The van der Waals surface area contributed by atoms with Crippen molar-refractivity contribution >= 4 is 39.3 Å². The van der Waals surface area contributed by atoms with Gasteiger partial charge in [0, 0.05) is 7.05 Å². The molecule has 0 spiro atoms. The van der Waals surface area contributed by atoms with Gasteiger partial charge in [0.2, 0.25) is 0 Å². The fourth-order valence-corrected chi connectivity index (χ4v) is 3.32. The third-order valence-corrected chi connectivity index (χ3v) is 4.37. The zero-order valence-electron chi connectivity index (χ0n) is 12.0. The number of nitrogens with zero attached hydrogens (tertiary/aromatic N) is 3. The van der Waals surface area contributed by atoms with E-state index >= 15 is 0 Å². The van der Waals surface area contributed by atoms with Gasteiger partial charge >= 0.3 is 0 Å². The lowest BCUT2D eigenvalue weighted by Gasteiger charge is -2.08. The van der Waals surface area contributed by atoms with Crippen molar-refractivity contribution < 1.29 is 4.74 Å². The minimum Gasteiger partial charge on any atom is -0.496 e. The van der Waals surface area contributed by atoms with Gasteiger partial charge in [-0.3, -0.25) is 4.57 Å². The molecule has 0 unspecified atom stereocenters. The Hall–Kier alpha value is -1.60. The van der Waals surface area contributed by atoms with Crippen LogP contribution < -0.4 is 4.74 Å². The van der Waals surface area contributed by atoms with Crippen LogP contribution in [0, 0.1) is 4.77 Å². The lowest BCUT2D eigenvalue weighted by molar-refractivity contribution is 0.412. The number of imidazole rings is 1. The summed E-state index contributed by atoms with van der Waals surface area (Å²) in [5.41, 5.74) is 3.94. The molecule has 2 heterocycles. The number of hydrogen-bond donors (Lipinski definition) is 1. The van der Waals surface area contributed by atoms with Gasteiger partial charge in [0.05, 0.1) is 23.0 Å². The van der Waals surface area contributed by atoms with Crippen LogP contribution in [0.4, 0.5) is 0 Å². The Morgan fingerprint density at radius 3 is 2.81 bits per heavy atom. The van der Waals surface area contributed by atoms with Crippen molar-refractivity contribution in [3.8, 4) is 11.4 Å². The molecule has 3 aromatic rings. The van der Waals surface area contributed by atoms with Crippen molar-refractivity contribution in [3.63, 3.8) is 0 Å². The smallest absolute Gasteiger partial charge is 0.184 e. The number of ether oxygens (including phenoxy) is 1. The van der Waals surface area contributed by atoms with Gasteiger partial charge in [0.25, 0.3) is 0 Å². The van der Waals surface area contributed by atoms with Gasteiger partial charge in [-0.1, -0.05) is 6.92 Å². The molecule has 0 saturated heterocycles. The summed E-state index contributed by atoms with van der Waals surface area (Å²) in [5, 5.41) is 4.53. The Morgan fingerprint density at radius 1 is 1.43 bits per heavy atom. The Balaban J connectivity index is 2.30. The summed E-state index contributed by atoms with van der Waals surface area (Å²) in [6, 6.07) is 5.88. The second kappa shape index (κ2) is 5.31. The molecule has 0 aliphatic rings. The number of methoxy groups -OCH3 is 1. The maximum absolute atomic E-state index is 5.48. The number of benzene rings is 1. The molecule has 0 amide bonds. The molecular formula is C14H15BrN4OS. The molecule has 0 atom stereocenters. The van der Waals surface area contributed by atoms with E-state index in [1.165, 1.54) is 0 Å². The van der Waals surface area contributed by atoms with Gasteiger partial charge in [-0.25, -0.2) is 4.68 Å². The van der Waals surface area contributed by atoms with Crippen molar-refractivity contribution in [3.05, 3.63) is 33.1 Å². The minimum atomic E-state index is 0.657. The summed E-state index contributed by atoms with van der Waals surface area (Å²) in [7, 11) is 3.58. The molecule has 110 valence electrons. The second-order valence-corrected chi connectivity index (χ2v) is 5.95. The number of hydrogen-bond acceptors (Lipinski definition) is 3. The molecule has 0 aliphatic heterocycles. The van der Waals surface area contributed by atoms with E-state index in [9.17, 15) is 0 Å². The van der Waals surface area contributed by atoms with Crippen LogP contribution in [0.2, 0.25) is 0 Å². The quantitative estimate of drug-likeness (QED) is 0.718. The lowest BCUT2D eigenvalue weighted by Crippen LogP contribution is -2.01. The van der Waals surface area contributed by atoms with Gasteiger partial charge in [0.15, 0.2) is 10.4 Å². The monoisotopic (exact) mass is 366 g/mol. The maximum atomic E-state index is 5.48. The number of H-pyrrole nitrogens is 1. The van der Waals surface area contributed by atoms with E-state index in [2.05, 4.69) is 32.9 Å². The summed E-state index contributed by atoms with van der Waals surface area (Å²) >= 11 is 8.99. The van der Waals surface area contributed by atoms with Crippen LogP contribution in [0.1, 0.15) is 12.6 Å². The lowest BCUT2D eigenvalue weighted by atomic mass is 10.3. The first-order chi connectivity index (χ1) is 10.1. The maximum Gasteiger partial charge on any atom is 0.184 e. The second-order valence-electron chi connectivity index (χ2n) is 4.71. The highest BCUT2D eigenvalue weighted by Gasteiger charge is 2.16. The third kappa shape index (κ3) is 2.20. The highest BCUT2D eigenvalue weighted by atomic mass is 79.9. The molecule has 5 nitrogen and oxygen atoms in total. The van der Waals surface area contributed by atoms with Gasteiger partial charge in [-0.05, 0) is 52.8 Å². The van der Waals surface area contributed by atoms with Crippen molar-refractivity contribution in [2.75, 3.05) is 7.11 Å². The molecule has 0 radical (unpaired) electrons. The van der Waals surface area contributed by atoms with Crippen molar-refractivity contribution in [1.29, 1.82) is 0 Å². The van der Waals surface area contributed by atoms with E-state index in [0.29, 0.717) is 4.77 Å². The number of aryl methyl sites for hydroxylation is 2. The summed E-state index contributed by atoms with van der Waals surface area (Å²) in [6.07, 6.45) is 0.860. The number of fused-ring (bicyclic) bond motifs is 1. The summed E-state index contributed by atoms with van der Waals surface area (Å²) < 4.78 is 10.7. The molecule has 3 rings (SSSR count). The van der Waals surface area contributed by atoms with Gasteiger partial charge < -0.3 is 9.72 Å². The summed E-state index contributed by atoms with van der Waals surface area (Å²) in [5.74, 6) is 0.788. The average molecular weight is 367 g/mol. The molecule has 0 saturated carbocycles. The van der Waals surface area contributed by atoms with Gasteiger partial charge in [-0.2, -0.15) is 5.10 Å². The molecule has 7 heteroatoms. The van der Waals surface area contributed by atoms with Gasteiger partial charge in [-0.15, -0.1) is 0 Å². The minimum absolute atomic E-state index is 0.657. The van der Waals surface area contributed by atoms with Gasteiger partial charge in [0.1, 0.15) is 11.3 Å². The van der Waals surface area contributed by atoms with Crippen LogP contribution in [-0.2, 0) is 13.5 Å². The molecule has 1 N–H and O–H groups in total. The molecule has 1 aromatic carbocycles. The van der Waals surface area contributed by atoms with Crippen molar-refractivity contribution in [1.82, 2.24) is 19.3 Å². The van der Waals surface area contributed by atoms with E-state index in [0.717, 1.165) is 39.2 Å². The van der Waals surface area contributed by atoms with Crippen molar-refractivity contribution in [2.45, 2.75) is 13.3 Å². The zero-order valence-corrected chi connectivity index (χ0v) is 14.4. The largest absolute Gasteiger partial charge is 0.496 e. The molecule has 0 bridgehead atoms. The fraction of sp³-hybridized carbons (Fsp3) is 0.286. The Kier molecular flexibility index (Phi) is 3.62. The molecule has 2 aromatic heterocycles. The standard InChI is InChI=1S/C14H15BrN4OS/c1-4-10-12-13(18(2)17-10)19(14(21)16-12)8-5-6-11(20-3)9(15)7-8/h5-7H,4H2,1-3H3,(H,16,21). The predicted molar refractivity (Wildman–Crippen MR) is 88.9 cm³/mol. The first-order valence-corrected chi connectivity index (χ1v) is 7.77. The number of rotatable bonds is 3. The normalized spacial score (nSPS) is 11.2. The Labute approximate surface area is 135 Å². The molecule has 0 aliphatic carbocycles. The predicted octanol–water partition coefficient (Wildman–Crippen LogP) is 3.76. The van der Waals surface area contributed by atoms with Crippen LogP contribution in [0.15, 0.2) is 22.7 Å². The third-order valence-electron chi connectivity index (χ3n) is 3.46. The van der Waals surface area contributed by atoms with Crippen LogP contribution in [0.25, 0.3) is 16.9 Å². The highest BCUT2D eigenvalue weighted by Crippen LogP contribution is 2.29. The van der Waals surface area contributed by atoms with Crippen LogP contribution in [0.3, 0.4) is 0 Å². The number of aromatic nitrogens is 4. The summed E-state index contributed by atoms with van der Waals surface area (Å²) in [6.45, 7) is 2.08. The molecule has 21 heavy (non-hydrogen) atoms. The highest BCUT2D eigenvalue weighted by molar-refractivity contribution is 9.10. The topological polar surface area (TPSA) is 47.8 Å².